The number of nitrogens with one attached hydrogen (secondary N) is 1. The van der Waals surface area contributed by atoms with Crippen molar-refractivity contribution in [2.75, 3.05) is 18.4 Å². The molecule has 2 heterocycles. The number of hydrogen-bond donors (Lipinski definition) is 2. The Balaban J connectivity index is 1.69. The Morgan fingerprint density at radius 1 is 1.26 bits per heavy atom. The van der Waals surface area contributed by atoms with E-state index in [-0.39, 0.29) is 37.3 Å². The third-order valence-corrected chi connectivity index (χ3v) is 3.98. The van der Waals surface area contributed by atoms with Crippen molar-refractivity contribution in [3.63, 3.8) is 0 Å². The molecule has 8 heteroatoms. The topological polar surface area (TPSA) is 78.6 Å². The van der Waals surface area contributed by atoms with Crippen LogP contribution in [0.3, 0.4) is 0 Å². The van der Waals surface area contributed by atoms with Gasteiger partial charge in [0.05, 0.1) is 11.2 Å². The summed E-state index contributed by atoms with van der Waals surface area (Å²) in [5.74, 6) is -1.29. The quantitative estimate of drug-likeness (QED) is 0.890. The smallest absolute Gasteiger partial charge is 0.323 e. The summed E-state index contributed by atoms with van der Waals surface area (Å²) in [7, 11) is 0. The molecule has 23 heavy (non-hydrogen) atoms. The van der Waals surface area contributed by atoms with Gasteiger partial charge >= 0.3 is 6.03 Å². The zero-order valence-corrected chi connectivity index (χ0v) is 12.1. The van der Waals surface area contributed by atoms with Crippen molar-refractivity contribution >= 4 is 11.8 Å². The fourth-order valence-corrected chi connectivity index (χ4v) is 2.74. The van der Waals surface area contributed by atoms with E-state index >= 15 is 0 Å². The van der Waals surface area contributed by atoms with Gasteiger partial charge in [-0.3, -0.25) is 5.32 Å². The molecule has 0 radical (unpaired) electrons. The standard InChI is InChI=1S/C15H15F2N3O3/c16-10-2-1-3-11(17)13(10)15(22)5-7-20(8-6-15)14(21)18-12-4-9-23-19-12/h1-4,9,22H,5-8H2,(H,18,19,21). The molecule has 0 aliphatic carbocycles. The van der Waals surface area contributed by atoms with E-state index in [1.54, 1.807) is 0 Å². The van der Waals surface area contributed by atoms with Crippen LogP contribution in [-0.2, 0) is 5.60 Å². The van der Waals surface area contributed by atoms with Crippen molar-refractivity contribution in [2.45, 2.75) is 18.4 Å². The molecule has 1 fully saturated rings. The first-order chi connectivity index (χ1) is 11.0. The number of rotatable bonds is 2. The minimum atomic E-state index is -1.62. The molecule has 1 aliphatic rings. The van der Waals surface area contributed by atoms with Crippen LogP contribution in [0.5, 0.6) is 0 Å². The highest BCUT2D eigenvalue weighted by Crippen LogP contribution is 2.36. The lowest BCUT2D eigenvalue weighted by atomic mass is 9.84. The molecule has 0 spiro atoms. The number of halogens is 2. The van der Waals surface area contributed by atoms with Crippen LogP contribution in [0.1, 0.15) is 18.4 Å². The first-order valence-corrected chi connectivity index (χ1v) is 7.13. The Kier molecular flexibility index (Phi) is 3.99. The largest absolute Gasteiger partial charge is 0.385 e. The van der Waals surface area contributed by atoms with Gasteiger partial charge in [0.15, 0.2) is 5.82 Å². The lowest BCUT2D eigenvalue weighted by Crippen LogP contribution is -2.47. The van der Waals surface area contributed by atoms with Crippen LogP contribution in [0.25, 0.3) is 0 Å². The summed E-state index contributed by atoms with van der Waals surface area (Å²) in [6.07, 6.45) is 1.40. The Bertz CT molecular complexity index is 678. The van der Waals surface area contributed by atoms with Gasteiger partial charge in [-0.25, -0.2) is 13.6 Å². The second kappa shape index (κ2) is 5.96. The molecular formula is C15H15F2N3O3. The van der Waals surface area contributed by atoms with Gasteiger partial charge < -0.3 is 14.5 Å². The predicted molar refractivity (Wildman–Crippen MR) is 76.6 cm³/mol. The maximum absolute atomic E-state index is 13.9. The molecule has 1 aliphatic heterocycles. The van der Waals surface area contributed by atoms with Crippen molar-refractivity contribution in [2.24, 2.45) is 0 Å². The van der Waals surface area contributed by atoms with Gasteiger partial charge in [0.2, 0.25) is 0 Å². The van der Waals surface area contributed by atoms with E-state index in [2.05, 4.69) is 15.0 Å². The maximum atomic E-state index is 13.9. The highest BCUT2D eigenvalue weighted by molar-refractivity contribution is 5.88. The summed E-state index contributed by atoms with van der Waals surface area (Å²) in [4.78, 5) is 13.5. The summed E-state index contributed by atoms with van der Waals surface area (Å²) in [6.45, 7) is 0.321. The van der Waals surface area contributed by atoms with Crippen molar-refractivity contribution in [1.29, 1.82) is 0 Å². The lowest BCUT2D eigenvalue weighted by Gasteiger charge is -2.38. The minimum absolute atomic E-state index is 0.0388. The number of hydrogen-bond acceptors (Lipinski definition) is 4. The molecule has 1 saturated heterocycles. The fourth-order valence-electron chi connectivity index (χ4n) is 2.74. The Morgan fingerprint density at radius 3 is 2.48 bits per heavy atom. The summed E-state index contributed by atoms with van der Waals surface area (Å²) in [5.41, 5.74) is -1.96. The number of urea groups is 1. The molecule has 1 aromatic heterocycles. The first-order valence-electron chi connectivity index (χ1n) is 7.13. The molecule has 0 saturated carbocycles. The minimum Gasteiger partial charge on any atom is -0.385 e. The molecule has 2 amide bonds. The number of aromatic nitrogens is 1. The molecule has 122 valence electrons. The van der Waals surface area contributed by atoms with Crippen molar-refractivity contribution in [3.05, 3.63) is 47.7 Å². The normalized spacial score (nSPS) is 17.1. The molecular weight excluding hydrogens is 308 g/mol. The van der Waals surface area contributed by atoms with E-state index in [0.717, 1.165) is 12.1 Å². The summed E-state index contributed by atoms with van der Waals surface area (Å²) in [6, 6.07) is 4.56. The molecule has 0 unspecified atom stereocenters. The highest BCUT2D eigenvalue weighted by Gasteiger charge is 2.39. The number of benzene rings is 1. The molecule has 2 N–H and O–H groups in total. The van der Waals surface area contributed by atoms with E-state index in [0.29, 0.717) is 0 Å². The monoisotopic (exact) mass is 323 g/mol. The molecule has 1 aromatic carbocycles. The van der Waals surface area contributed by atoms with E-state index in [9.17, 15) is 18.7 Å². The second-order valence-corrected chi connectivity index (χ2v) is 5.43. The van der Waals surface area contributed by atoms with Gasteiger partial charge in [-0.2, -0.15) is 0 Å². The van der Waals surface area contributed by atoms with Crippen LogP contribution in [-0.4, -0.2) is 34.3 Å². The van der Waals surface area contributed by atoms with E-state index in [1.807, 2.05) is 0 Å². The predicted octanol–water partition coefficient (Wildman–Crippen LogP) is 2.47. The number of piperidine rings is 1. The van der Waals surface area contributed by atoms with E-state index in [4.69, 9.17) is 0 Å². The van der Waals surface area contributed by atoms with Crippen LogP contribution in [0, 0.1) is 11.6 Å². The van der Waals surface area contributed by atoms with Gasteiger partial charge in [0, 0.05) is 19.2 Å². The van der Waals surface area contributed by atoms with Gasteiger partial charge in [0.1, 0.15) is 17.9 Å². The second-order valence-electron chi connectivity index (χ2n) is 5.43. The number of aliphatic hydroxyl groups is 1. The zero-order chi connectivity index (χ0) is 16.4. The molecule has 6 nitrogen and oxygen atoms in total. The third kappa shape index (κ3) is 3.02. The third-order valence-electron chi connectivity index (χ3n) is 3.98. The Labute approximate surface area is 130 Å². The number of carbonyl (C=O) groups excluding carboxylic acids is 1. The van der Waals surface area contributed by atoms with Gasteiger partial charge in [-0.1, -0.05) is 11.2 Å². The average molecular weight is 323 g/mol. The Hall–Kier alpha value is -2.48. The molecule has 2 aromatic rings. The van der Waals surface area contributed by atoms with Crippen molar-refractivity contribution in [1.82, 2.24) is 10.1 Å². The number of likely N-dealkylation sites (tertiary alicyclic amines) is 1. The van der Waals surface area contributed by atoms with Gasteiger partial charge in [-0.05, 0) is 25.0 Å². The van der Waals surface area contributed by atoms with Gasteiger partial charge in [0.25, 0.3) is 0 Å². The average Bonchev–Trinajstić information content (AvgIpc) is 3.00. The molecule has 3 rings (SSSR count). The number of amides is 2. The summed E-state index contributed by atoms with van der Waals surface area (Å²) >= 11 is 0. The highest BCUT2D eigenvalue weighted by atomic mass is 19.1. The molecule has 0 atom stereocenters. The number of nitrogens with zero attached hydrogens (tertiary/aromatic N) is 2. The van der Waals surface area contributed by atoms with Crippen LogP contribution in [0.2, 0.25) is 0 Å². The zero-order valence-electron chi connectivity index (χ0n) is 12.1. The van der Waals surface area contributed by atoms with E-state index < -0.39 is 23.3 Å². The maximum Gasteiger partial charge on any atom is 0.323 e. The van der Waals surface area contributed by atoms with Crippen LogP contribution in [0.4, 0.5) is 19.4 Å². The van der Waals surface area contributed by atoms with Crippen molar-refractivity contribution < 1.29 is 23.2 Å². The molecule has 0 bridgehead atoms. The van der Waals surface area contributed by atoms with Crippen molar-refractivity contribution in [3.8, 4) is 0 Å². The van der Waals surface area contributed by atoms with Crippen LogP contribution in [0.15, 0.2) is 35.1 Å². The SMILES string of the molecule is O=C(Nc1ccon1)N1CCC(O)(c2c(F)cccc2F)CC1. The van der Waals surface area contributed by atoms with Crippen LogP contribution >= 0.6 is 0 Å². The Morgan fingerprint density at radius 2 is 1.91 bits per heavy atom. The van der Waals surface area contributed by atoms with Crippen LogP contribution < -0.4 is 5.32 Å². The van der Waals surface area contributed by atoms with Gasteiger partial charge in [-0.15, -0.1) is 0 Å². The number of carbonyl (C=O) groups is 1. The first kappa shape index (κ1) is 15.4. The lowest BCUT2D eigenvalue weighted by molar-refractivity contribution is -0.0213. The summed E-state index contributed by atoms with van der Waals surface area (Å²) < 4.78 is 32.4. The number of anilines is 1. The summed E-state index contributed by atoms with van der Waals surface area (Å²) in [5, 5.41) is 16.7. The fraction of sp³-hybridized carbons (Fsp3) is 0.333. The van der Waals surface area contributed by atoms with E-state index in [1.165, 1.54) is 23.3 Å².